The Morgan fingerprint density at radius 1 is 0.700 bits per heavy atom. The van der Waals surface area contributed by atoms with Crippen LogP contribution in [0.25, 0.3) is 0 Å². The van der Waals surface area contributed by atoms with Crippen molar-refractivity contribution in [2.24, 2.45) is 0 Å². The van der Waals surface area contributed by atoms with E-state index in [1.807, 2.05) is 0 Å². The summed E-state index contributed by atoms with van der Waals surface area (Å²) in [6.45, 7) is 1.26. The number of rotatable bonds is 5. The second kappa shape index (κ2) is 6.77. The molecule has 0 radical (unpaired) electrons. The van der Waals surface area contributed by atoms with Crippen LogP contribution in [0.1, 0.15) is 12.8 Å². The molecule has 0 unspecified atom stereocenters. The molecule has 0 aliphatic carbocycles. The zero-order chi connectivity index (χ0) is 7.98. The van der Waals surface area contributed by atoms with Gasteiger partial charge in [-0.15, -0.1) is 7.88 Å². The molecule has 0 aromatic rings. The van der Waals surface area contributed by atoms with Gasteiger partial charge in [0.25, 0.3) is 0 Å². The maximum absolute atomic E-state index is 5.31. The third-order valence-corrected chi connectivity index (χ3v) is 1.58. The molecule has 0 atom stereocenters. The first-order chi connectivity index (χ1) is 4.63. The molecule has 0 aliphatic rings. The predicted octanol–water partition coefficient (Wildman–Crippen LogP) is 2.99. The van der Waals surface area contributed by atoms with Crippen molar-refractivity contribution in [1.29, 1.82) is 0 Å². The molecule has 0 aliphatic heterocycles. The second-order valence-electron chi connectivity index (χ2n) is 1.76. The second-order valence-corrected chi connectivity index (χ2v) is 3.74. The quantitative estimate of drug-likeness (QED) is 0.525. The van der Waals surface area contributed by atoms with Crippen LogP contribution in [-0.2, 0) is 0 Å². The summed E-state index contributed by atoms with van der Waals surface area (Å²) < 4.78 is 2.18. The van der Waals surface area contributed by atoms with E-state index in [1.54, 1.807) is 0 Å². The van der Waals surface area contributed by atoms with E-state index < -0.39 is 0 Å². The van der Waals surface area contributed by atoms with Gasteiger partial charge in [0.05, 0.1) is 0 Å². The van der Waals surface area contributed by atoms with Crippen LogP contribution in [0, 0.1) is 0 Å². The van der Waals surface area contributed by atoms with Gasteiger partial charge in [0.2, 0.25) is 0 Å². The summed E-state index contributed by atoms with van der Waals surface area (Å²) in [5.74, 6) is 0. The molecule has 6 heteroatoms. The SMILES string of the molecule is ClN(Cl)CCCCN(Cl)Cl. The molecular formula is C4H8Cl4N2. The van der Waals surface area contributed by atoms with Crippen molar-refractivity contribution in [3.05, 3.63) is 0 Å². The highest BCUT2D eigenvalue weighted by Crippen LogP contribution is 2.05. The Balaban J connectivity index is 2.91. The largest absolute Gasteiger partial charge is 0.132 e. The summed E-state index contributed by atoms with van der Waals surface area (Å²) in [5.41, 5.74) is 0. The minimum atomic E-state index is 0.630. The van der Waals surface area contributed by atoms with E-state index >= 15 is 0 Å². The lowest BCUT2D eigenvalue weighted by Crippen LogP contribution is -2.05. The van der Waals surface area contributed by atoms with Gasteiger partial charge in [-0.3, -0.25) is 0 Å². The van der Waals surface area contributed by atoms with Crippen LogP contribution < -0.4 is 0 Å². The molecule has 0 saturated heterocycles. The van der Waals surface area contributed by atoms with Crippen molar-refractivity contribution < 1.29 is 0 Å². The lowest BCUT2D eigenvalue weighted by Gasteiger charge is -2.04. The maximum atomic E-state index is 5.31. The Labute approximate surface area is 81.0 Å². The predicted molar refractivity (Wildman–Crippen MR) is 46.1 cm³/mol. The maximum Gasteiger partial charge on any atom is 0.0304 e. The molecule has 2 nitrogen and oxygen atoms in total. The first-order valence-corrected chi connectivity index (χ1v) is 4.16. The van der Waals surface area contributed by atoms with Crippen LogP contribution in [0.2, 0.25) is 0 Å². The van der Waals surface area contributed by atoms with Gasteiger partial charge in [0, 0.05) is 13.1 Å². The van der Waals surface area contributed by atoms with Gasteiger partial charge in [-0.2, -0.15) is 0 Å². The standard InChI is InChI=1S/C4H8Cl4N2/c5-9(6)3-1-2-4-10(7)8/h1-4H2. The molecule has 0 aromatic carbocycles. The van der Waals surface area contributed by atoms with Gasteiger partial charge >= 0.3 is 0 Å². The number of nitrogens with zero attached hydrogens (tertiary/aromatic N) is 2. The van der Waals surface area contributed by atoms with E-state index in [0.717, 1.165) is 20.7 Å². The topological polar surface area (TPSA) is 6.48 Å². The molecule has 0 bridgehead atoms. The number of hydrogen-bond acceptors (Lipinski definition) is 2. The third kappa shape index (κ3) is 9.08. The van der Waals surface area contributed by atoms with E-state index in [9.17, 15) is 0 Å². The van der Waals surface area contributed by atoms with Crippen LogP contribution in [0.3, 0.4) is 0 Å². The first kappa shape index (κ1) is 11.1. The molecule has 62 valence electrons. The molecule has 0 saturated carbocycles. The molecule has 0 N–H and O–H groups in total. The van der Waals surface area contributed by atoms with Crippen LogP contribution >= 0.6 is 47.1 Å². The average Bonchev–Trinajstić information content (AvgIpc) is 1.79. The summed E-state index contributed by atoms with van der Waals surface area (Å²) in [4.78, 5) is 0. The van der Waals surface area contributed by atoms with E-state index in [2.05, 4.69) is 0 Å². The zero-order valence-corrected chi connectivity index (χ0v) is 8.26. The lowest BCUT2D eigenvalue weighted by molar-refractivity contribution is 0.567. The fourth-order valence-corrected chi connectivity index (χ4v) is 0.941. The smallest absolute Gasteiger partial charge is 0.0304 e. The summed E-state index contributed by atoms with van der Waals surface area (Å²) in [6.07, 6.45) is 1.76. The number of halogens is 4. The van der Waals surface area contributed by atoms with Gasteiger partial charge in [-0.1, -0.05) is 0 Å². The Bertz CT molecular complexity index is 67.7. The monoisotopic (exact) mass is 224 g/mol. The van der Waals surface area contributed by atoms with Crippen molar-refractivity contribution in [2.75, 3.05) is 13.1 Å². The van der Waals surface area contributed by atoms with Crippen molar-refractivity contribution >= 4 is 47.1 Å². The molecule has 0 aromatic heterocycles. The Hall–Kier alpha value is 1.08. The molecule has 0 heterocycles. The summed E-state index contributed by atoms with van der Waals surface area (Å²) >= 11 is 21.2. The van der Waals surface area contributed by atoms with Gasteiger partial charge in [0.1, 0.15) is 0 Å². The Morgan fingerprint density at radius 3 is 1.20 bits per heavy atom. The van der Waals surface area contributed by atoms with E-state index in [4.69, 9.17) is 47.1 Å². The highest BCUT2D eigenvalue weighted by atomic mass is 35.5. The minimum absolute atomic E-state index is 0.630. The molecule has 0 rings (SSSR count). The Morgan fingerprint density at radius 2 is 1.00 bits per heavy atom. The van der Waals surface area contributed by atoms with Gasteiger partial charge < -0.3 is 0 Å². The van der Waals surface area contributed by atoms with E-state index in [0.29, 0.717) is 13.1 Å². The molecule has 0 amide bonds. The molecule has 0 spiro atoms. The van der Waals surface area contributed by atoms with Crippen LogP contribution in [0.5, 0.6) is 0 Å². The number of hydrogen-bond donors (Lipinski definition) is 0. The van der Waals surface area contributed by atoms with Gasteiger partial charge in [-0.25, -0.2) is 0 Å². The molecule has 10 heavy (non-hydrogen) atoms. The highest BCUT2D eigenvalue weighted by molar-refractivity contribution is 6.34. The highest BCUT2D eigenvalue weighted by Gasteiger charge is 1.97. The fraction of sp³-hybridized carbons (Fsp3) is 1.00. The van der Waals surface area contributed by atoms with E-state index in [1.165, 1.54) is 0 Å². The lowest BCUT2D eigenvalue weighted by atomic mass is 10.3. The van der Waals surface area contributed by atoms with Crippen molar-refractivity contribution in [2.45, 2.75) is 12.8 Å². The third-order valence-electron chi connectivity index (χ3n) is 0.904. The minimum Gasteiger partial charge on any atom is -0.132 e. The van der Waals surface area contributed by atoms with Crippen LogP contribution in [0.15, 0.2) is 0 Å². The normalized spacial score (nSPS) is 11.4. The van der Waals surface area contributed by atoms with Gasteiger partial charge in [0.15, 0.2) is 0 Å². The van der Waals surface area contributed by atoms with Crippen molar-refractivity contribution in [3.63, 3.8) is 0 Å². The zero-order valence-electron chi connectivity index (χ0n) is 5.23. The summed E-state index contributed by atoms with van der Waals surface area (Å²) in [7, 11) is 0. The summed E-state index contributed by atoms with van der Waals surface area (Å²) in [5, 5.41) is 0. The van der Waals surface area contributed by atoms with E-state index in [-0.39, 0.29) is 0 Å². The van der Waals surface area contributed by atoms with Crippen LogP contribution in [0.4, 0.5) is 0 Å². The molecular weight excluding hydrogens is 218 g/mol. The summed E-state index contributed by atoms with van der Waals surface area (Å²) in [6, 6.07) is 0. The van der Waals surface area contributed by atoms with Gasteiger partial charge in [-0.05, 0) is 59.9 Å². The molecule has 0 fully saturated rings. The number of unbranched alkanes of at least 4 members (excludes halogenated alkanes) is 1. The van der Waals surface area contributed by atoms with Crippen molar-refractivity contribution in [1.82, 2.24) is 7.88 Å². The van der Waals surface area contributed by atoms with Crippen LogP contribution in [-0.4, -0.2) is 21.0 Å². The average molecular weight is 226 g/mol. The Kier molecular flexibility index (Phi) is 7.50. The fourth-order valence-electron chi connectivity index (χ4n) is 0.463. The van der Waals surface area contributed by atoms with Crippen molar-refractivity contribution in [3.8, 4) is 0 Å². The first-order valence-electron chi connectivity index (χ1n) is 2.81.